The van der Waals surface area contributed by atoms with Gasteiger partial charge in [-0.1, -0.05) is 23.7 Å². The Hall–Kier alpha value is -1.65. The Balaban J connectivity index is 1.88. The van der Waals surface area contributed by atoms with Gasteiger partial charge in [0.15, 0.2) is 0 Å². The fraction of sp³-hybridized carbons (Fsp3) is 0.0714. The van der Waals surface area contributed by atoms with Gasteiger partial charge in [-0.2, -0.15) is 0 Å². The molecule has 1 amide bonds. The molecule has 0 saturated heterocycles. The molecule has 3 nitrogen and oxygen atoms in total. The van der Waals surface area contributed by atoms with Crippen LogP contribution in [0.2, 0.25) is 5.02 Å². The van der Waals surface area contributed by atoms with E-state index in [1.165, 1.54) is 11.8 Å². The number of thioether (sulfide) groups is 1. The monoisotopic (exact) mass is 292 g/mol. The third kappa shape index (κ3) is 4.50. The van der Waals surface area contributed by atoms with Gasteiger partial charge in [0, 0.05) is 21.3 Å². The highest BCUT2D eigenvalue weighted by atomic mass is 35.5. The maximum absolute atomic E-state index is 11.8. The zero-order valence-corrected chi connectivity index (χ0v) is 11.7. The Bertz CT molecular complexity index is 589. The average molecular weight is 293 g/mol. The van der Waals surface area contributed by atoms with Crippen molar-refractivity contribution in [3.63, 3.8) is 0 Å². The Morgan fingerprint density at radius 2 is 2.00 bits per heavy atom. The van der Waals surface area contributed by atoms with Crippen molar-refractivity contribution in [2.75, 3.05) is 16.8 Å². The van der Waals surface area contributed by atoms with E-state index in [1.54, 1.807) is 30.3 Å². The first-order valence-electron chi connectivity index (χ1n) is 5.67. The summed E-state index contributed by atoms with van der Waals surface area (Å²) in [6.45, 7) is 0. The molecule has 0 radical (unpaired) electrons. The SMILES string of the molecule is Nc1cccc(NC(=O)CSc2cccc(Cl)c2)c1. The summed E-state index contributed by atoms with van der Waals surface area (Å²) in [4.78, 5) is 12.7. The van der Waals surface area contributed by atoms with Gasteiger partial charge in [0.25, 0.3) is 0 Å². The van der Waals surface area contributed by atoms with Crippen molar-refractivity contribution in [2.24, 2.45) is 0 Å². The van der Waals surface area contributed by atoms with Gasteiger partial charge >= 0.3 is 0 Å². The largest absolute Gasteiger partial charge is 0.399 e. The molecule has 0 atom stereocenters. The highest BCUT2D eigenvalue weighted by Gasteiger charge is 2.04. The van der Waals surface area contributed by atoms with Gasteiger partial charge < -0.3 is 11.1 Å². The lowest BCUT2D eigenvalue weighted by atomic mass is 10.3. The molecule has 0 aliphatic rings. The van der Waals surface area contributed by atoms with Crippen LogP contribution in [-0.2, 0) is 4.79 Å². The lowest BCUT2D eigenvalue weighted by Crippen LogP contribution is -2.14. The number of nitrogen functional groups attached to an aromatic ring is 1. The van der Waals surface area contributed by atoms with Crippen molar-refractivity contribution in [1.82, 2.24) is 0 Å². The first kappa shape index (κ1) is 13.8. The van der Waals surface area contributed by atoms with E-state index >= 15 is 0 Å². The van der Waals surface area contributed by atoms with Crippen LogP contribution in [0.4, 0.5) is 11.4 Å². The number of halogens is 1. The van der Waals surface area contributed by atoms with Gasteiger partial charge in [-0.3, -0.25) is 4.79 Å². The van der Waals surface area contributed by atoms with Crippen LogP contribution in [-0.4, -0.2) is 11.7 Å². The van der Waals surface area contributed by atoms with Crippen LogP contribution in [0.5, 0.6) is 0 Å². The third-order valence-corrected chi connectivity index (χ3v) is 3.57. The lowest BCUT2D eigenvalue weighted by molar-refractivity contribution is -0.113. The van der Waals surface area contributed by atoms with Crippen LogP contribution >= 0.6 is 23.4 Å². The van der Waals surface area contributed by atoms with Crippen molar-refractivity contribution >= 4 is 40.6 Å². The van der Waals surface area contributed by atoms with Crippen molar-refractivity contribution < 1.29 is 4.79 Å². The van der Waals surface area contributed by atoms with E-state index in [9.17, 15) is 4.79 Å². The fourth-order valence-corrected chi connectivity index (χ4v) is 2.53. The molecular formula is C14H13ClN2OS. The van der Waals surface area contributed by atoms with Gasteiger partial charge in [0.1, 0.15) is 0 Å². The molecule has 2 aromatic carbocycles. The molecule has 3 N–H and O–H groups in total. The number of nitrogens with two attached hydrogens (primary N) is 1. The summed E-state index contributed by atoms with van der Waals surface area (Å²) in [7, 11) is 0. The van der Waals surface area contributed by atoms with E-state index in [1.807, 2.05) is 18.2 Å². The molecule has 19 heavy (non-hydrogen) atoms. The molecule has 0 saturated carbocycles. The molecule has 5 heteroatoms. The second-order valence-corrected chi connectivity index (χ2v) is 5.40. The summed E-state index contributed by atoms with van der Waals surface area (Å²) in [5.74, 6) is 0.255. The number of rotatable bonds is 4. The van der Waals surface area contributed by atoms with E-state index in [0.29, 0.717) is 22.2 Å². The molecular weight excluding hydrogens is 280 g/mol. The number of anilines is 2. The lowest BCUT2D eigenvalue weighted by Gasteiger charge is -2.06. The van der Waals surface area contributed by atoms with Gasteiger partial charge in [0.2, 0.25) is 5.91 Å². The van der Waals surface area contributed by atoms with Crippen LogP contribution in [0.3, 0.4) is 0 Å². The molecule has 2 rings (SSSR count). The summed E-state index contributed by atoms with van der Waals surface area (Å²) in [5, 5.41) is 3.46. The maximum Gasteiger partial charge on any atom is 0.234 e. The molecule has 2 aromatic rings. The van der Waals surface area contributed by atoms with E-state index in [-0.39, 0.29) is 5.91 Å². The smallest absolute Gasteiger partial charge is 0.234 e. The molecule has 0 fully saturated rings. The Kier molecular flexibility index (Phi) is 4.71. The van der Waals surface area contributed by atoms with E-state index < -0.39 is 0 Å². The average Bonchev–Trinajstić information content (AvgIpc) is 2.36. The molecule has 0 aromatic heterocycles. The van der Waals surface area contributed by atoms with E-state index in [4.69, 9.17) is 17.3 Å². The van der Waals surface area contributed by atoms with Gasteiger partial charge in [-0.15, -0.1) is 11.8 Å². The molecule has 0 spiro atoms. The number of nitrogens with one attached hydrogen (secondary N) is 1. The Labute approximate surface area is 121 Å². The van der Waals surface area contributed by atoms with Gasteiger partial charge in [-0.25, -0.2) is 0 Å². The Morgan fingerprint density at radius 1 is 1.21 bits per heavy atom. The first-order chi connectivity index (χ1) is 9.13. The molecule has 0 heterocycles. The fourth-order valence-electron chi connectivity index (χ4n) is 1.52. The second-order valence-electron chi connectivity index (χ2n) is 3.92. The number of hydrogen-bond donors (Lipinski definition) is 2. The van der Waals surface area contributed by atoms with E-state index in [0.717, 1.165) is 4.90 Å². The minimum Gasteiger partial charge on any atom is -0.399 e. The van der Waals surface area contributed by atoms with Crippen molar-refractivity contribution in [2.45, 2.75) is 4.90 Å². The summed E-state index contributed by atoms with van der Waals surface area (Å²) < 4.78 is 0. The molecule has 98 valence electrons. The summed E-state index contributed by atoms with van der Waals surface area (Å²) in [5.41, 5.74) is 6.98. The molecule has 0 aliphatic carbocycles. The zero-order valence-electron chi connectivity index (χ0n) is 10.1. The van der Waals surface area contributed by atoms with Crippen LogP contribution in [0.15, 0.2) is 53.4 Å². The van der Waals surface area contributed by atoms with Gasteiger partial charge in [0.05, 0.1) is 5.75 Å². The van der Waals surface area contributed by atoms with Crippen LogP contribution in [0, 0.1) is 0 Å². The summed E-state index contributed by atoms with van der Waals surface area (Å²) in [6, 6.07) is 14.5. The highest BCUT2D eigenvalue weighted by Crippen LogP contribution is 2.21. The number of carbonyl (C=O) groups excluding carboxylic acids is 1. The molecule has 0 unspecified atom stereocenters. The Morgan fingerprint density at radius 3 is 2.74 bits per heavy atom. The standard InChI is InChI=1S/C14H13ClN2OS/c15-10-3-1-6-13(7-10)19-9-14(18)17-12-5-2-4-11(16)8-12/h1-8H,9,16H2,(H,17,18). The van der Waals surface area contributed by atoms with Crippen molar-refractivity contribution in [3.05, 3.63) is 53.6 Å². The minimum atomic E-state index is -0.0735. The first-order valence-corrected chi connectivity index (χ1v) is 7.03. The number of benzene rings is 2. The van der Waals surface area contributed by atoms with Crippen LogP contribution in [0.1, 0.15) is 0 Å². The predicted molar refractivity (Wildman–Crippen MR) is 81.7 cm³/mol. The number of carbonyl (C=O) groups is 1. The maximum atomic E-state index is 11.8. The minimum absolute atomic E-state index is 0.0735. The molecule has 0 aliphatic heterocycles. The zero-order chi connectivity index (χ0) is 13.7. The van der Waals surface area contributed by atoms with Crippen molar-refractivity contribution in [1.29, 1.82) is 0 Å². The summed E-state index contributed by atoms with van der Waals surface area (Å²) in [6.07, 6.45) is 0. The van der Waals surface area contributed by atoms with Gasteiger partial charge in [-0.05, 0) is 36.4 Å². The van der Waals surface area contributed by atoms with E-state index in [2.05, 4.69) is 5.32 Å². The second kappa shape index (κ2) is 6.50. The predicted octanol–water partition coefficient (Wildman–Crippen LogP) is 3.65. The summed E-state index contributed by atoms with van der Waals surface area (Å²) >= 11 is 7.32. The van der Waals surface area contributed by atoms with Crippen LogP contribution in [0.25, 0.3) is 0 Å². The topological polar surface area (TPSA) is 55.1 Å². The molecule has 0 bridgehead atoms. The highest BCUT2D eigenvalue weighted by molar-refractivity contribution is 8.00. The normalized spacial score (nSPS) is 10.2. The van der Waals surface area contributed by atoms with Crippen LogP contribution < -0.4 is 11.1 Å². The third-order valence-electron chi connectivity index (χ3n) is 2.34. The number of hydrogen-bond acceptors (Lipinski definition) is 3. The quantitative estimate of drug-likeness (QED) is 0.668. The number of amides is 1. The van der Waals surface area contributed by atoms with Crippen molar-refractivity contribution in [3.8, 4) is 0 Å².